The maximum atomic E-state index is 14.4. The highest BCUT2D eigenvalue weighted by Crippen LogP contribution is 2.26. The zero-order valence-electron chi connectivity index (χ0n) is 16.5. The minimum Gasteiger partial charge on any atom is -0.364 e. The second kappa shape index (κ2) is 13.0. The van der Waals surface area contributed by atoms with E-state index < -0.39 is 11.7 Å². The second-order valence-corrected chi connectivity index (χ2v) is 7.66. The smallest absolute Gasteiger partial charge is 0.267 e. The molecule has 29 heavy (non-hydrogen) atoms. The minimum atomic E-state index is -0.669. The standard InChI is InChI=1S/C20H29FN4O2.2ClH/c21-18-11-16(8-9-19(26)24-27)12-22-20(18)23-17-7-4-10-25(14-17)13-15-5-2-1-3-6-15;;/h8-9,11-12,15,17,27H,1-7,10,13-14H2,(H,22,23)(H,24,26);2*1H/b9-8+;;/t17-;;/m1../s1. The average Bonchev–Trinajstić information content (AvgIpc) is 2.69. The van der Waals surface area contributed by atoms with Crippen LogP contribution in [0, 0.1) is 11.7 Å². The third kappa shape index (κ3) is 8.09. The molecule has 1 atom stereocenters. The van der Waals surface area contributed by atoms with Crippen molar-refractivity contribution >= 4 is 42.6 Å². The van der Waals surface area contributed by atoms with Gasteiger partial charge < -0.3 is 10.2 Å². The van der Waals surface area contributed by atoms with Crippen molar-refractivity contribution in [2.75, 3.05) is 25.0 Å². The normalized spacial score (nSPS) is 20.6. The average molecular weight is 449 g/mol. The number of pyridine rings is 1. The van der Waals surface area contributed by atoms with Gasteiger partial charge in [0.15, 0.2) is 11.6 Å². The zero-order valence-corrected chi connectivity index (χ0v) is 18.1. The topological polar surface area (TPSA) is 77.5 Å². The zero-order chi connectivity index (χ0) is 19.1. The van der Waals surface area contributed by atoms with E-state index in [-0.39, 0.29) is 36.7 Å². The molecular weight excluding hydrogens is 418 g/mol. The molecule has 1 saturated carbocycles. The molecular formula is C20H31Cl2FN4O2. The van der Waals surface area contributed by atoms with E-state index in [0.29, 0.717) is 5.56 Å². The summed E-state index contributed by atoms with van der Waals surface area (Å²) in [6.45, 7) is 3.21. The Hall–Kier alpha value is -1.41. The van der Waals surface area contributed by atoms with Crippen molar-refractivity contribution in [3.8, 4) is 0 Å². The predicted octanol–water partition coefficient (Wildman–Crippen LogP) is 4.04. The number of likely N-dealkylation sites (tertiary alicyclic amines) is 1. The lowest BCUT2D eigenvalue weighted by atomic mass is 9.88. The molecule has 2 heterocycles. The SMILES string of the molecule is Cl.Cl.O=C(/C=C/c1cnc(N[C@@H]2CCCN(CC3CCCCC3)C2)c(F)c1)NO. The number of carbonyl (C=O) groups excluding carboxylic acids is 1. The fourth-order valence-electron chi connectivity index (χ4n) is 4.13. The van der Waals surface area contributed by atoms with Crippen molar-refractivity contribution < 1.29 is 14.4 Å². The summed E-state index contributed by atoms with van der Waals surface area (Å²) >= 11 is 0. The third-order valence-corrected chi connectivity index (χ3v) is 5.49. The number of anilines is 1. The fourth-order valence-corrected chi connectivity index (χ4v) is 4.13. The summed E-state index contributed by atoms with van der Waals surface area (Å²) in [7, 11) is 0. The molecule has 1 saturated heterocycles. The van der Waals surface area contributed by atoms with E-state index >= 15 is 0 Å². The first kappa shape index (κ1) is 25.6. The quantitative estimate of drug-likeness (QED) is 0.347. The Balaban J connectivity index is 0.00000210. The van der Waals surface area contributed by atoms with Crippen molar-refractivity contribution in [1.82, 2.24) is 15.4 Å². The Morgan fingerprint density at radius 2 is 2.00 bits per heavy atom. The maximum Gasteiger partial charge on any atom is 0.267 e. The number of carbonyl (C=O) groups is 1. The number of nitrogens with one attached hydrogen (secondary N) is 2. The van der Waals surface area contributed by atoms with Crippen LogP contribution in [0.5, 0.6) is 0 Å². The molecule has 1 amide bonds. The van der Waals surface area contributed by atoms with E-state index in [1.54, 1.807) is 0 Å². The van der Waals surface area contributed by atoms with Gasteiger partial charge in [0.1, 0.15) is 0 Å². The van der Waals surface area contributed by atoms with Gasteiger partial charge in [0.25, 0.3) is 5.91 Å². The number of amides is 1. The number of nitrogens with zero attached hydrogens (tertiary/aromatic N) is 2. The lowest BCUT2D eigenvalue weighted by Crippen LogP contribution is -2.44. The van der Waals surface area contributed by atoms with Crippen LogP contribution in [-0.2, 0) is 4.79 Å². The van der Waals surface area contributed by atoms with E-state index in [0.717, 1.165) is 44.5 Å². The van der Waals surface area contributed by atoms with Crippen molar-refractivity contribution in [3.63, 3.8) is 0 Å². The molecule has 3 N–H and O–H groups in total. The summed E-state index contributed by atoms with van der Waals surface area (Å²) < 4.78 is 14.4. The van der Waals surface area contributed by atoms with Gasteiger partial charge in [0.05, 0.1) is 0 Å². The summed E-state index contributed by atoms with van der Waals surface area (Å²) in [6.07, 6.45) is 12.9. The summed E-state index contributed by atoms with van der Waals surface area (Å²) in [5.41, 5.74) is 1.95. The van der Waals surface area contributed by atoms with Crippen LogP contribution >= 0.6 is 24.8 Å². The summed E-state index contributed by atoms with van der Waals surface area (Å²) in [5.74, 6) is -0.0401. The highest BCUT2D eigenvalue weighted by molar-refractivity contribution is 5.90. The molecule has 0 unspecified atom stereocenters. The first-order valence-corrected chi connectivity index (χ1v) is 9.90. The minimum absolute atomic E-state index is 0. The van der Waals surface area contributed by atoms with Crippen molar-refractivity contribution in [2.24, 2.45) is 5.92 Å². The van der Waals surface area contributed by atoms with Gasteiger partial charge >= 0.3 is 0 Å². The molecule has 6 nitrogen and oxygen atoms in total. The Morgan fingerprint density at radius 1 is 1.24 bits per heavy atom. The van der Waals surface area contributed by atoms with Crippen LogP contribution in [0.4, 0.5) is 10.2 Å². The van der Waals surface area contributed by atoms with Crippen LogP contribution < -0.4 is 10.8 Å². The van der Waals surface area contributed by atoms with Crippen LogP contribution in [0.25, 0.3) is 6.08 Å². The Labute approximate surface area is 184 Å². The van der Waals surface area contributed by atoms with Gasteiger partial charge in [-0.1, -0.05) is 19.3 Å². The number of hydroxylamine groups is 1. The van der Waals surface area contributed by atoms with Gasteiger partial charge in [0, 0.05) is 31.4 Å². The van der Waals surface area contributed by atoms with Gasteiger partial charge in [-0.3, -0.25) is 10.0 Å². The van der Waals surface area contributed by atoms with E-state index in [1.807, 2.05) is 0 Å². The molecule has 9 heteroatoms. The van der Waals surface area contributed by atoms with E-state index in [2.05, 4.69) is 15.2 Å². The van der Waals surface area contributed by atoms with Crippen molar-refractivity contribution in [1.29, 1.82) is 0 Å². The summed E-state index contributed by atoms with van der Waals surface area (Å²) in [5, 5.41) is 11.7. The molecule has 0 spiro atoms. The number of hydrogen-bond donors (Lipinski definition) is 3. The van der Waals surface area contributed by atoms with Crippen LogP contribution in [0.15, 0.2) is 18.3 Å². The van der Waals surface area contributed by atoms with Crippen LogP contribution in [0.2, 0.25) is 0 Å². The van der Waals surface area contributed by atoms with Crippen molar-refractivity contribution in [2.45, 2.75) is 51.0 Å². The summed E-state index contributed by atoms with van der Waals surface area (Å²) in [4.78, 5) is 17.7. The maximum absolute atomic E-state index is 14.4. The number of rotatable bonds is 6. The molecule has 0 aromatic carbocycles. The van der Waals surface area contributed by atoms with E-state index in [9.17, 15) is 9.18 Å². The van der Waals surface area contributed by atoms with E-state index in [1.165, 1.54) is 55.9 Å². The fraction of sp³-hybridized carbons (Fsp3) is 0.600. The van der Waals surface area contributed by atoms with Gasteiger partial charge in [-0.25, -0.2) is 14.9 Å². The van der Waals surface area contributed by atoms with Gasteiger partial charge in [-0.05, 0) is 55.9 Å². The summed E-state index contributed by atoms with van der Waals surface area (Å²) in [6, 6.07) is 1.53. The first-order chi connectivity index (χ1) is 13.1. The Bertz CT molecular complexity index is 672. The highest BCUT2D eigenvalue weighted by Gasteiger charge is 2.24. The lowest BCUT2D eigenvalue weighted by molar-refractivity contribution is -0.124. The third-order valence-electron chi connectivity index (χ3n) is 5.49. The highest BCUT2D eigenvalue weighted by atomic mass is 35.5. The molecule has 2 fully saturated rings. The number of aromatic nitrogens is 1. The molecule has 164 valence electrons. The number of hydrogen-bond acceptors (Lipinski definition) is 5. The largest absolute Gasteiger partial charge is 0.364 e. The van der Waals surface area contributed by atoms with Crippen LogP contribution in [0.3, 0.4) is 0 Å². The van der Waals surface area contributed by atoms with Crippen LogP contribution in [-0.4, -0.2) is 46.7 Å². The van der Waals surface area contributed by atoms with Crippen molar-refractivity contribution in [3.05, 3.63) is 29.7 Å². The molecule has 3 rings (SSSR count). The number of halogens is 3. The van der Waals surface area contributed by atoms with E-state index in [4.69, 9.17) is 5.21 Å². The first-order valence-electron chi connectivity index (χ1n) is 9.90. The molecule has 1 aliphatic carbocycles. The molecule has 0 radical (unpaired) electrons. The van der Waals surface area contributed by atoms with Gasteiger partial charge in [0.2, 0.25) is 0 Å². The predicted molar refractivity (Wildman–Crippen MR) is 117 cm³/mol. The molecule has 0 bridgehead atoms. The molecule has 1 aromatic rings. The Kier molecular flexibility index (Phi) is 11.5. The molecule has 2 aliphatic rings. The molecule has 1 aliphatic heterocycles. The van der Waals surface area contributed by atoms with Crippen LogP contribution in [0.1, 0.15) is 50.5 Å². The van der Waals surface area contributed by atoms with Gasteiger partial charge in [-0.15, -0.1) is 24.8 Å². The molecule has 1 aromatic heterocycles. The number of piperidine rings is 1. The monoisotopic (exact) mass is 448 g/mol. The lowest BCUT2D eigenvalue weighted by Gasteiger charge is -2.36. The second-order valence-electron chi connectivity index (χ2n) is 7.66. The Morgan fingerprint density at radius 3 is 2.69 bits per heavy atom. The van der Waals surface area contributed by atoms with Gasteiger partial charge in [-0.2, -0.15) is 0 Å².